The molecule has 0 radical (unpaired) electrons. The lowest BCUT2D eigenvalue weighted by Gasteiger charge is -2.08. The van der Waals surface area contributed by atoms with Crippen molar-refractivity contribution in [2.45, 2.75) is 0 Å². The fourth-order valence-corrected chi connectivity index (χ4v) is 3.53. The highest BCUT2D eigenvalue weighted by molar-refractivity contribution is 5.96. The number of hydrazone groups is 1. The Bertz CT molecular complexity index is 1750. The van der Waals surface area contributed by atoms with Crippen LogP contribution < -0.4 is 14.9 Å². The van der Waals surface area contributed by atoms with Crippen molar-refractivity contribution in [1.29, 1.82) is 0 Å². The van der Waals surface area contributed by atoms with E-state index in [-0.39, 0.29) is 34.0 Å². The third kappa shape index (κ3) is 8.02. The van der Waals surface area contributed by atoms with Crippen LogP contribution in [-0.2, 0) is 4.79 Å². The van der Waals surface area contributed by atoms with Crippen LogP contribution in [0.15, 0.2) is 108 Å². The van der Waals surface area contributed by atoms with Gasteiger partial charge in [0.2, 0.25) is 0 Å². The monoisotopic (exact) mass is 580 g/mol. The van der Waals surface area contributed by atoms with Crippen LogP contribution >= 0.6 is 0 Å². The molecule has 0 heterocycles. The summed E-state index contributed by atoms with van der Waals surface area (Å²) >= 11 is 0. The van der Waals surface area contributed by atoms with E-state index in [1.54, 1.807) is 36.4 Å². The number of para-hydroxylation sites is 2. The smallest absolute Gasteiger partial charge is 0.343 e. The van der Waals surface area contributed by atoms with Gasteiger partial charge in [-0.15, -0.1) is 0 Å². The Labute approximate surface area is 243 Å². The van der Waals surface area contributed by atoms with Gasteiger partial charge in [0, 0.05) is 47.0 Å². The molecule has 0 saturated carbocycles. The standard InChI is InChI=1S/C30H20N4O9/c35-28(18-13-20-5-1-3-7-26(20)43-30(37)22-11-16-25(17-12-22)34(40)41)42-27-8-4-2-6-23(27)19-31-32-29(36)21-9-14-24(15-10-21)33(38)39/h1-19H,(H,32,36)/b18-13+,31-19+. The molecule has 0 bridgehead atoms. The summed E-state index contributed by atoms with van der Waals surface area (Å²) in [5, 5.41) is 25.5. The molecule has 13 heteroatoms. The largest absolute Gasteiger partial charge is 0.423 e. The molecule has 0 atom stereocenters. The van der Waals surface area contributed by atoms with E-state index >= 15 is 0 Å². The van der Waals surface area contributed by atoms with Gasteiger partial charge in [0.05, 0.1) is 21.6 Å². The number of carbonyl (C=O) groups is 3. The number of nitrogens with one attached hydrogen (secondary N) is 1. The first kappa shape index (κ1) is 29.5. The second-order valence-corrected chi connectivity index (χ2v) is 8.53. The number of rotatable bonds is 10. The van der Waals surface area contributed by atoms with Crippen LogP contribution in [0.25, 0.3) is 6.08 Å². The number of nitro benzene ring substituents is 2. The van der Waals surface area contributed by atoms with E-state index in [1.807, 2.05) is 0 Å². The first-order valence-electron chi connectivity index (χ1n) is 12.3. The van der Waals surface area contributed by atoms with Crippen LogP contribution in [0.1, 0.15) is 31.8 Å². The van der Waals surface area contributed by atoms with Crippen molar-refractivity contribution >= 4 is 41.5 Å². The molecule has 0 aliphatic carbocycles. The van der Waals surface area contributed by atoms with Crippen molar-refractivity contribution in [3.8, 4) is 11.5 Å². The highest BCUT2D eigenvalue weighted by atomic mass is 16.6. The van der Waals surface area contributed by atoms with Crippen LogP contribution in [0, 0.1) is 20.2 Å². The number of non-ortho nitro benzene ring substituents is 2. The molecule has 0 unspecified atom stereocenters. The molecule has 214 valence electrons. The summed E-state index contributed by atoms with van der Waals surface area (Å²) in [7, 11) is 0. The van der Waals surface area contributed by atoms with Gasteiger partial charge in [-0.3, -0.25) is 25.0 Å². The number of carbonyl (C=O) groups excluding carboxylic acids is 3. The molecule has 1 N–H and O–H groups in total. The highest BCUT2D eigenvalue weighted by Crippen LogP contribution is 2.22. The van der Waals surface area contributed by atoms with Crippen LogP contribution in [0.5, 0.6) is 11.5 Å². The van der Waals surface area contributed by atoms with E-state index in [4.69, 9.17) is 9.47 Å². The summed E-state index contributed by atoms with van der Waals surface area (Å²) in [5.74, 6) is -1.81. The summed E-state index contributed by atoms with van der Waals surface area (Å²) in [4.78, 5) is 57.8. The summed E-state index contributed by atoms with van der Waals surface area (Å²) in [6.07, 6.45) is 3.79. The zero-order chi connectivity index (χ0) is 30.8. The average molecular weight is 581 g/mol. The number of hydrogen-bond acceptors (Lipinski definition) is 10. The van der Waals surface area contributed by atoms with Crippen molar-refractivity contribution < 1.29 is 33.7 Å². The minimum absolute atomic E-state index is 0.103. The molecule has 0 aromatic heterocycles. The molecule has 4 aromatic rings. The minimum Gasteiger partial charge on any atom is -0.423 e. The van der Waals surface area contributed by atoms with Gasteiger partial charge in [0.25, 0.3) is 17.3 Å². The molecule has 4 rings (SSSR count). The molecule has 0 fully saturated rings. The van der Waals surface area contributed by atoms with E-state index in [0.29, 0.717) is 11.1 Å². The van der Waals surface area contributed by atoms with Gasteiger partial charge >= 0.3 is 11.9 Å². The van der Waals surface area contributed by atoms with Crippen molar-refractivity contribution in [3.63, 3.8) is 0 Å². The maximum atomic E-state index is 12.6. The Morgan fingerprint density at radius 1 is 0.674 bits per heavy atom. The van der Waals surface area contributed by atoms with Crippen LogP contribution in [0.3, 0.4) is 0 Å². The van der Waals surface area contributed by atoms with Crippen molar-refractivity contribution in [2.24, 2.45) is 5.10 Å². The van der Waals surface area contributed by atoms with E-state index in [9.17, 15) is 34.6 Å². The second-order valence-electron chi connectivity index (χ2n) is 8.53. The molecule has 0 spiro atoms. The Morgan fingerprint density at radius 3 is 1.77 bits per heavy atom. The summed E-state index contributed by atoms with van der Waals surface area (Å²) in [6.45, 7) is 0. The normalized spacial score (nSPS) is 10.8. The summed E-state index contributed by atoms with van der Waals surface area (Å²) in [6, 6.07) is 22.7. The van der Waals surface area contributed by atoms with Crippen molar-refractivity contribution in [3.05, 3.63) is 146 Å². The molecule has 4 aromatic carbocycles. The van der Waals surface area contributed by atoms with Gasteiger partial charge in [-0.2, -0.15) is 5.10 Å². The Kier molecular flexibility index (Phi) is 9.41. The van der Waals surface area contributed by atoms with E-state index in [1.165, 1.54) is 73.0 Å². The number of ether oxygens (including phenoxy) is 2. The van der Waals surface area contributed by atoms with Gasteiger partial charge in [-0.25, -0.2) is 15.0 Å². The second kappa shape index (κ2) is 13.7. The maximum absolute atomic E-state index is 12.6. The number of esters is 2. The van der Waals surface area contributed by atoms with Crippen molar-refractivity contribution in [2.75, 3.05) is 0 Å². The molecule has 1 amide bonds. The zero-order valence-corrected chi connectivity index (χ0v) is 22.0. The quantitative estimate of drug-likeness (QED) is 0.0666. The Balaban J connectivity index is 1.39. The first-order chi connectivity index (χ1) is 20.7. The number of benzene rings is 4. The molecule has 13 nitrogen and oxygen atoms in total. The lowest BCUT2D eigenvalue weighted by atomic mass is 10.1. The fraction of sp³-hybridized carbons (Fsp3) is 0. The molecule has 0 aliphatic rings. The topological polar surface area (TPSA) is 180 Å². The number of hydrogen-bond donors (Lipinski definition) is 1. The van der Waals surface area contributed by atoms with E-state index in [0.717, 1.165) is 6.08 Å². The maximum Gasteiger partial charge on any atom is 0.343 e. The molecular weight excluding hydrogens is 560 g/mol. The fourth-order valence-electron chi connectivity index (χ4n) is 3.53. The lowest BCUT2D eigenvalue weighted by molar-refractivity contribution is -0.385. The molecule has 0 aliphatic heterocycles. The first-order valence-corrected chi connectivity index (χ1v) is 12.3. The number of nitrogens with zero attached hydrogens (tertiary/aromatic N) is 3. The van der Waals surface area contributed by atoms with Crippen LogP contribution in [-0.4, -0.2) is 33.9 Å². The molecule has 0 saturated heterocycles. The average Bonchev–Trinajstić information content (AvgIpc) is 3.01. The highest BCUT2D eigenvalue weighted by Gasteiger charge is 2.14. The summed E-state index contributed by atoms with van der Waals surface area (Å²) in [5.41, 5.74) is 2.99. The summed E-state index contributed by atoms with van der Waals surface area (Å²) < 4.78 is 10.8. The van der Waals surface area contributed by atoms with Gasteiger partial charge in [-0.05, 0) is 48.5 Å². The number of amides is 1. The number of nitro groups is 2. The van der Waals surface area contributed by atoms with Crippen LogP contribution in [0.2, 0.25) is 0 Å². The van der Waals surface area contributed by atoms with Gasteiger partial charge in [-0.1, -0.05) is 30.3 Å². The Hall–Kier alpha value is -6.50. The molecule has 43 heavy (non-hydrogen) atoms. The van der Waals surface area contributed by atoms with Crippen LogP contribution in [0.4, 0.5) is 11.4 Å². The zero-order valence-electron chi connectivity index (χ0n) is 22.0. The van der Waals surface area contributed by atoms with E-state index < -0.39 is 27.7 Å². The van der Waals surface area contributed by atoms with Gasteiger partial charge < -0.3 is 9.47 Å². The van der Waals surface area contributed by atoms with Crippen molar-refractivity contribution in [1.82, 2.24) is 5.43 Å². The molecular formula is C30H20N4O9. The minimum atomic E-state index is -0.757. The SMILES string of the molecule is O=C(/C=C/c1ccccc1OC(=O)c1ccc([N+](=O)[O-])cc1)Oc1ccccc1/C=N/NC(=O)c1ccc([N+](=O)[O-])cc1. The van der Waals surface area contributed by atoms with Gasteiger partial charge in [0.1, 0.15) is 11.5 Å². The predicted molar refractivity (Wildman–Crippen MR) is 154 cm³/mol. The lowest BCUT2D eigenvalue weighted by Crippen LogP contribution is -2.17. The van der Waals surface area contributed by atoms with Gasteiger partial charge in [0.15, 0.2) is 0 Å². The Morgan fingerprint density at radius 2 is 1.19 bits per heavy atom. The predicted octanol–water partition coefficient (Wildman–Crippen LogP) is 5.10. The third-order valence-electron chi connectivity index (χ3n) is 5.67. The third-order valence-corrected chi connectivity index (χ3v) is 5.67. The van der Waals surface area contributed by atoms with E-state index in [2.05, 4.69) is 10.5 Å².